The summed E-state index contributed by atoms with van der Waals surface area (Å²) < 4.78 is 70.4. The average molecular weight is 494 g/mol. The van der Waals surface area contributed by atoms with E-state index in [4.69, 9.17) is 9.47 Å². The molecule has 186 valence electrons. The van der Waals surface area contributed by atoms with Crippen molar-refractivity contribution in [2.75, 3.05) is 26.8 Å². The number of fused-ring (bicyclic) bond motifs is 1. The molecule has 1 aliphatic heterocycles. The number of pyridine rings is 1. The summed E-state index contributed by atoms with van der Waals surface area (Å²) >= 11 is 0. The minimum atomic E-state index is -4.26. The lowest BCUT2D eigenvalue weighted by Crippen LogP contribution is -2.46. The molecule has 8 nitrogen and oxygen atoms in total. The maximum atomic E-state index is 15.1. The Balaban J connectivity index is 1.81. The van der Waals surface area contributed by atoms with Gasteiger partial charge in [-0.05, 0) is 36.8 Å². The van der Waals surface area contributed by atoms with Crippen molar-refractivity contribution in [2.45, 2.75) is 25.4 Å². The number of halogens is 4. The summed E-state index contributed by atoms with van der Waals surface area (Å²) in [5.74, 6) is -8.95. The number of benzene rings is 1. The molecule has 1 aliphatic rings. The Morgan fingerprint density at radius 2 is 1.94 bits per heavy atom. The Labute approximate surface area is 197 Å². The molecule has 1 aromatic carbocycles. The first-order chi connectivity index (χ1) is 16.5. The minimum absolute atomic E-state index is 0.102. The van der Waals surface area contributed by atoms with E-state index in [0.717, 1.165) is 5.56 Å². The summed E-state index contributed by atoms with van der Waals surface area (Å²) in [6.07, 6.45) is 0.691. The van der Waals surface area contributed by atoms with Crippen molar-refractivity contribution < 1.29 is 36.6 Å². The van der Waals surface area contributed by atoms with Crippen molar-refractivity contribution >= 4 is 17.6 Å². The van der Waals surface area contributed by atoms with Gasteiger partial charge in [0.15, 0.2) is 0 Å². The van der Waals surface area contributed by atoms with E-state index in [9.17, 15) is 18.4 Å². The van der Waals surface area contributed by atoms with Crippen LogP contribution in [0.25, 0.3) is 16.9 Å². The van der Waals surface area contributed by atoms with Crippen LogP contribution in [0.15, 0.2) is 30.5 Å². The summed E-state index contributed by atoms with van der Waals surface area (Å²) in [5, 5.41) is 0. The number of imidazole rings is 1. The number of rotatable bonds is 5. The van der Waals surface area contributed by atoms with Crippen molar-refractivity contribution in [2.24, 2.45) is 5.73 Å². The number of ether oxygens (including phenoxy) is 2. The molecule has 0 saturated carbocycles. The number of primary amides is 1. The molecule has 0 aliphatic carbocycles. The van der Waals surface area contributed by atoms with E-state index in [0.29, 0.717) is 30.0 Å². The highest BCUT2D eigenvalue weighted by atomic mass is 19.3. The maximum Gasteiger partial charge on any atom is 0.409 e. The highest BCUT2D eigenvalue weighted by Gasteiger charge is 2.40. The van der Waals surface area contributed by atoms with Crippen LogP contribution in [0.4, 0.5) is 22.4 Å². The van der Waals surface area contributed by atoms with E-state index in [1.807, 2.05) is 6.92 Å². The second-order valence-corrected chi connectivity index (χ2v) is 8.21. The zero-order chi connectivity index (χ0) is 25.5. The number of carbonyl (C=O) groups is 2. The fraction of sp³-hybridized carbons (Fsp3) is 0.348. The number of hydrogen-bond donors (Lipinski definition) is 1. The van der Waals surface area contributed by atoms with E-state index in [-0.39, 0.29) is 25.3 Å². The van der Waals surface area contributed by atoms with Crippen molar-refractivity contribution in [3.05, 3.63) is 58.9 Å². The second-order valence-electron chi connectivity index (χ2n) is 8.21. The predicted octanol–water partition coefficient (Wildman–Crippen LogP) is 3.17. The smallest absolute Gasteiger partial charge is 0.409 e. The van der Waals surface area contributed by atoms with Crippen LogP contribution < -0.4 is 5.73 Å². The lowest BCUT2D eigenvalue weighted by molar-refractivity contribution is -0.143. The van der Waals surface area contributed by atoms with Crippen LogP contribution in [0, 0.1) is 18.6 Å². The average Bonchev–Trinajstić information content (AvgIpc) is 3.14. The van der Waals surface area contributed by atoms with Gasteiger partial charge in [0, 0.05) is 24.7 Å². The molecule has 2 amide bonds. The molecule has 12 heteroatoms. The highest BCUT2D eigenvalue weighted by Crippen LogP contribution is 2.36. The van der Waals surface area contributed by atoms with Crippen molar-refractivity contribution in [3.63, 3.8) is 0 Å². The molecule has 3 heterocycles. The summed E-state index contributed by atoms with van der Waals surface area (Å²) in [7, 11) is 1.26. The van der Waals surface area contributed by atoms with E-state index in [1.54, 1.807) is 22.7 Å². The van der Waals surface area contributed by atoms with Crippen LogP contribution in [0.1, 0.15) is 16.8 Å². The Morgan fingerprint density at radius 1 is 1.26 bits per heavy atom. The third-order valence-corrected chi connectivity index (χ3v) is 5.82. The molecule has 0 radical (unpaired) electrons. The fourth-order valence-corrected chi connectivity index (χ4v) is 4.07. The van der Waals surface area contributed by atoms with Crippen LogP contribution in [0.5, 0.6) is 0 Å². The van der Waals surface area contributed by atoms with Crippen molar-refractivity contribution in [1.82, 2.24) is 14.3 Å². The van der Waals surface area contributed by atoms with Gasteiger partial charge in [0.1, 0.15) is 17.3 Å². The molecule has 4 rings (SSSR count). The van der Waals surface area contributed by atoms with E-state index in [1.165, 1.54) is 12.0 Å². The SMILES string of the molecule is COC(=O)N1CCO[C@@H](Cc2c(-c3c(F)cc(C(F)(F)C(N)=O)cc3F)nc3cc(C)ccn23)C1. The van der Waals surface area contributed by atoms with Crippen LogP contribution in [-0.4, -0.2) is 59.2 Å². The molecule has 1 atom stereocenters. The van der Waals surface area contributed by atoms with Crippen LogP contribution >= 0.6 is 0 Å². The second kappa shape index (κ2) is 9.17. The van der Waals surface area contributed by atoms with Gasteiger partial charge >= 0.3 is 12.0 Å². The van der Waals surface area contributed by atoms with E-state index in [2.05, 4.69) is 10.7 Å². The first-order valence-electron chi connectivity index (χ1n) is 10.6. The number of aryl methyl sites for hydroxylation is 1. The molecule has 35 heavy (non-hydrogen) atoms. The third-order valence-electron chi connectivity index (χ3n) is 5.82. The Bertz CT molecular complexity index is 1290. The largest absolute Gasteiger partial charge is 0.453 e. The molecule has 2 aromatic heterocycles. The molecule has 0 spiro atoms. The summed E-state index contributed by atoms with van der Waals surface area (Å²) in [5.41, 5.74) is 4.30. The number of carbonyl (C=O) groups excluding carboxylic acids is 2. The molecule has 0 unspecified atom stereocenters. The number of hydrogen-bond acceptors (Lipinski definition) is 5. The molecule has 0 bridgehead atoms. The number of aromatic nitrogens is 2. The fourth-order valence-electron chi connectivity index (χ4n) is 4.07. The number of nitrogens with two attached hydrogens (primary N) is 1. The quantitative estimate of drug-likeness (QED) is 0.550. The van der Waals surface area contributed by atoms with Crippen LogP contribution in [0.3, 0.4) is 0 Å². The first kappa shape index (κ1) is 24.5. The molecular formula is C23H22F4N4O4. The predicted molar refractivity (Wildman–Crippen MR) is 116 cm³/mol. The topological polar surface area (TPSA) is 99.2 Å². The first-order valence-corrected chi connectivity index (χ1v) is 10.6. The van der Waals surface area contributed by atoms with Crippen LogP contribution in [0.2, 0.25) is 0 Å². The zero-order valence-corrected chi connectivity index (χ0v) is 18.9. The number of amides is 2. The molecule has 3 aromatic rings. The van der Waals surface area contributed by atoms with E-state index < -0.39 is 46.8 Å². The van der Waals surface area contributed by atoms with Gasteiger partial charge in [-0.15, -0.1) is 0 Å². The monoisotopic (exact) mass is 494 g/mol. The van der Waals surface area contributed by atoms with Gasteiger partial charge in [-0.25, -0.2) is 18.6 Å². The molecule has 2 N–H and O–H groups in total. The molecule has 1 fully saturated rings. The normalized spacial score (nSPS) is 16.5. The Hall–Kier alpha value is -3.67. The van der Waals surface area contributed by atoms with Gasteiger partial charge in [-0.2, -0.15) is 8.78 Å². The number of methoxy groups -OCH3 is 1. The third kappa shape index (κ3) is 4.53. The number of alkyl halides is 2. The van der Waals surface area contributed by atoms with Gasteiger partial charge in [0.05, 0.1) is 43.3 Å². The summed E-state index contributed by atoms with van der Waals surface area (Å²) in [6, 6.07) is 4.21. The standard InChI is InChI=1S/C23H22F4N4O4/c1-12-3-4-31-17(10-14-11-30(5-6-35-14)22(33)34-2)20(29-18(31)7-12)19-15(24)8-13(9-16(19)25)23(26,27)21(28)32/h3-4,7-9,14H,5-6,10-11H2,1-2H3,(H2,28,32)/t14-/m0/s1. The summed E-state index contributed by atoms with van der Waals surface area (Å²) in [4.78, 5) is 28.8. The minimum Gasteiger partial charge on any atom is -0.453 e. The maximum absolute atomic E-state index is 15.1. The molecule has 1 saturated heterocycles. The van der Waals surface area contributed by atoms with Gasteiger partial charge in [-0.1, -0.05) is 0 Å². The zero-order valence-electron chi connectivity index (χ0n) is 18.9. The summed E-state index contributed by atoms with van der Waals surface area (Å²) in [6.45, 7) is 2.53. The van der Waals surface area contributed by atoms with Gasteiger partial charge < -0.3 is 24.5 Å². The number of morpholine rings is 1. The number of nitrogens with zero attached hydrogens (tertiary/aromatic N) is 3. The van der Waals surface area contributed by atoms with Gasteiger partial charge in [-0.3, -0.25) is 4.79 Å². The van der Waals surface area contributed by atoms with Gasteiger partial charge in [0.2, 0.25) is 0 Å². The highest BCUT2D eigenvalue weighted by molar-refractivity contribution is 5.83. The Morgan fingerprint density at radius 3 is 2.57 bits per heavy atom. The van der Waals surface area contributed by atoms with Crippen molar-refractivity contribution in [3.8, 4) is 11.3 Å². The van der Waals surface area contributed by atoms with Gasteiger partial charge in [0.25, 0.3) is 5.91 Å². The van der Waals surface area contributed by atoms with E-state index >= 15 is 8.78 Å². The van der Waals surface area contributed by atoms with Crippen molar-refractivity contribution in [1.29, 1.82) is 0 Å². The van der Waals surface area contributed by atoms with Crippen LogP contribution in [-0.2, 0) is 26.6 Å². The molecular weight excluding hydrogens is 472 g/mol. The lowest BCUT2D eigenvalue weighted by Gasteiger charge is -2.32. The Kier molecular flexibility index (Phi) is 6.41. The lowest BCUT2D eigenvalue weighted by atomic mass is 10.00.